The van der Waals surface area contributed by atoms with Crippen molar-refractivity contribution in [3.8, 4) is 0 Å². The van der Waals surface area contributed by atoms with Gasteiger partial charge in [-0.25, -0.2) is 8.78 Å². The molecule has 0 bridgehead atoms. The van der Waals surface area contributed by atoms with Crippen molar-refractivity contribution in [2.45, 2.75) is 25.7 Å². The van der Waals surface area contributed by atoms with Gasteiger partial charge in [0, 0.05) is 6.42 Å². The second-order valence-electron chi connectivity index (χ2n) is 2.42. The van der Waals surface area contributed by atoms with Crippen molar-refractivity contribution in [2.75, 3.05) is 5.75 Å². The standard InChI is InChI=1S/C5H9F3O2S/c1-5(6,7)3-2-4-11(8,9)10/h2-4H2,1H3. The summed E-state index contributed by atoms with van der Waals surface area (Å²) in [5, 5.41) is 0. The first kappa shape index (κ1) is 10.7. The van der Waals surface area contributed by atoms with E-state index in [-0.39, 0.29) is 6.42 Å². The van der Waals surface area contributed by atoms with E-state index < -0.39 is 28.3 Å². The molecule has 0 aliphatic carbocycles. The SMILES string of the molecule is CC(F)(F)CCCS(=O)(=O)F. The molecule has 6 heteroatoms. The van der Waals surface area contributed by atoms with Crippen LogP contribution >= 0.6 is 0 Å². The monoisotopic (exact) mass is 190 g/mol. The normalized spacial score (nSPS) is 13.5. The Morgan fingerprint density at radius 3 is 2.09 bits per heavy atom. The van der Waals surface area contributed by atoms with E-state index in [0.717, 1.165) is 0 Å². The number of halogens is 3. The Hall–Kier alpha value is -0.260. The number of hydrogen-bond donors (Lipinski definition) is 0. The predicted molar refractivity (Wildman–Crippen MR) is 34.7 cm³/mol. The molecule has 0 amide bonds. The lowest BCUT2D eigenvalue weighted by Crippen LogP contribution is -2.11. The molecular weight excluding hydrogens is 181 g/mol. The molecule has 0 radical (unpaired) electrons. The summed E-state index contributed by atoms with van der Waals surface area (Å²) in [6.45, 7) is 0.665. The van der Waals surface area contributed by atoms with Crippen molar-refractivity contribution in [3.05, 3.63) is 0 Å². The lowest BCUT2D eigenvalue weighted by atomic mass is 10.2. The fourth-order valence-electron chi connectivity index (χ4n) is 0.555. The van der Waals surface area contributed by atoms with Gasteiger partial charge in [-0.1, -0.05) is 0 Å². The Bertz CT molecular complexity index is 204. The molecule has 0 unspecified atom stereocenters. The summed E-state index contributed by atoms with van der Waals surface area (Å²) in [6.07, 6.45) is -0.946. The molecule has 0 aliphatic rings. The smallest absolute Gasteiger partial charge is 0.207 e. The maximum absolute atomic E-state index is 12.0. The van der Waals surface area contributed by atoms with Gasteiger partial charge in [-0.2, -0.15) is 8.42 Å². The molecule has 0 aromatic rings. The second-order valence-corrected chi connectivity index (χ2v) is 3.90. The third-order valence-corrected chi connectivity index (χ3v) is 1.78. The van der Waals surface area contributed by atoms with Crippen LogP contribution in [0.2, 0.25) is 0 Å². The third kappa shape index (κ3) is 9.74. The second kappa shape index (κ2) is 3.42. The summed E-state index contributed by atoms with van der Waals surface area (Å²) in [6, 6.07) is 0. The molecule has 68 valence electrons. The molecule has 0 saturated heterocycles. The Morgan fingerprint density at radius 1 is 1.36 bits per heavy atom. The van der Waals surface area contributed by atoms with Gasteiger partial charge in [0.2, 0.25) is 5.92 Å². The van der Waals surface area contributed by atoms with Crippen LogP contribution < -0.4 is 0 Å². The highest BCUT2D eigenvalue weighted by Crippen LogP contribution is 2.19. The minimum absolute atomic E-state index is 0.345. The highest BCUT2D eigenvalue weighted by molar-refractivity contribution is 7.86. The zero-order chi connectivity index (χ0) is 9.12. The van der Waals surface area contributed by atoms with Gasteiger partial charge in [0.15, 0.2) is 0 Å². The topological polar surface area (TPSA) is 34.1 Å². The van der Waals surface area contributed by atoms with Crippen molar-refractivity contribution < 1.29 is 21.1 Å². The maximum Gasteiger partial charge on any atom is 0.302 e. The lowest BCUT2D eigenvalue weighted by Gasteiger charge is -2.07. The molecule has 0 aromatic carbocycles. The summed E-state index contributed by atoms with van der Waals surface area (Å²) in [5.41, 5.74) is 0. The zero-order valence-electron chi connectivity index (χ0n) is 5.98. The highest BCUT2D eigenvalue weighted by atomic mass is 32.3. The van der Waals surface area contributed by atoms with E-state index in [1.807, 2.05) is 0 Å². The molecule has 0 rings (SSSR count). The number of alkyl halides is 2. The van der Waals surface area contributed by atoms with Crippen LogP contribution in [-0.2, 0) is 10.2 Å². The fourth-order valence-corrected chi connectivity index (χ4v) is 1.04. The molecule has 0 atom stereocenters. The predicted octanol–water partition coefficient (Wildman–Crippen LogP) is 1.72. The van der Waals surface area contributed by atoms with Gasteiger partial charge in [-0.05, 0) is 13.3 Å². The van der Waals surface area contributed by atoms with Gasteiger partial charge in [0.05, 0.1) is 5.75 Å². The lowest BCUT2D eigenvalue weighted by molar-refractivity contribution is 0.0125. The molecule has 0 aromatic heterocycles. The third-order valence-electron chi connectivity index (χ3n) is 1.00. The van der Waals surface area contributed by atoms with E-state index in [1.165, 1.54) is 0 Å². The van der Waals surface area contributed by atoms with Crippen LogP contribution in [-0.4, -0.2) is 20.1 Å². The fraction of sp³-hybridized carbons (Fsp3) is 1.00. The molecule has 2 nitrogen and oxygen atoms in total. The average Bonchev–Trinajstić information content (AvgIpc) is 1.55. The first-order valence-corrected chi connectivity index (χ1v) is 4.56. The van der Waals surface area contributed by atoms with E-state index in [9.17, 15) is 21.1 Å². The quantitative estimate of drug-likeness (QED) is 0.632. The van der Waals surface area contributed by atoms with Gasteiger partial charge in [0.25, 0.3) is 0 Å². The van der Waals surface area contributed by atoms with Crippen molar-refractivity contribution in [1.82, 2.24) is 0 Å². The summed E-state index contributed by atoms with van der Waals surface area (Å²) in [7, 11) is -4.58. The van der Waals surface area contributed by atoms with Crippen molar-refractivity contribution >= 4 is 10.2 Å². The van der Waals surface area contributed by atoms with Crippen LogP contribution in [0.3, 0.4) is 0 Å². The Labute approximate surface area is 63.6 Å². The molecule has 0 aliphatic heterocycles. The molecular formula is C5H9F3O2S. The van der Waals surface area contributed by atoms with Crippen LogP contribution in [0.1, 0.15) is 19.8 Å². The summed E-state index contributed by atoms with van der Waals surface area (Å²) in [5.74, 6) is -3.74. The minimum atomic E-state index is -4.58. The number of rotatable bonds is 4. The molecule has 0 spiro atoms. The van der Waals surface area contributed by atoms with Crippen LogP contribution in [0.15, 0.2) is 0 Å². The largest absolute Gasteiger partial charge is 0.302 e. The Balaban J connectivity index is 3.61. The van der Waals surface area contributed by atoms with E-state index in [2.05, 4.69) is 0 Å². The van der Waals surface area contributed by atoms with Crippen molar-refractivity contribution in [1.29, 1.82) is 0 Å². The zero-order valence-corrected chi connectivity index (χ0v) is 6.80. The molecule has 0 N–H and O–H groups in total. The maximum atomic E-state index is 12.0. The van der Waals surface area contributed by atoms with E-state index in [0.29, 0.717) is 6.92 Å². The minimum Gasteiger partial charge on any atom is -0.207 e. The van der Waals surface area contributed by atoms with Gasteiger partial charge >= 0.3 is 10.2 Å². The van der Waals surface area contributed by atoms with Crippen LogP contribution in [0.25, 0.3) is 0 Å². The van der Waals surface area contributed by atoms with Crippen LogP contribution in [0.4, 0.5) is 12.7 Å². The van der Waals surface area contributed by atoms with E-state index in [4.69, 9.17) is 0 Å². The summed E-state index contributed by atoms with van der Waals surface area (Å²) in [4.78, 5) is 0. The molecule has 0 fully saturated rings. The first-order chi connectivity index (χ1) is 4.71. The molecule has 11 heavy (non-hydrogen) atoms. The van der Waals surface area contributed by atoms with Gasteiger partial charge in [-0.15, -0.1) is 3.89 Å². The van der Waals surface area contributed by atoms with E-state index >= 15 is 0 Å². The van der Waals surface area contributed by atoms with Gasteiger partial charge in [0.1, 0.15) is 0 Å². The number of hydrogen-bond acceptors (Lipinski definition) is 2. The van der Waals surface area contributed by atoms with Gasteiger partial charge < -0.3 is 0 Å². The average molecular weight is 190 g/mol. The Morgan fingerprint density at radius 2 is 1.82 bits per heavy atom. The van der Waals surface area contributed by atoms with Crippen molar-refractivity contribution in [3.63, 3.8) is 0 Å². The van der Waals surface area contributed by atoms with Crippen LogP contribution in [0, 0.1) is 0 Å². The summed E-state index contributed by atoms with van der Waals surface area (Å²) < 4.78 is 55.3. The van der Waals surface area contributed by atoms with Crippen LogP contribution in [0.5, 0.6) is 0 Å². The van der Waals surface area contributed by atoms with Gasteiger partial charge in [-0.3, -0.25) is 0 Å². The Kier molecular flexibility index (Phi) is 3.34. The molecule has 0 saturated carbocycles. The van der Waals surface area contributed by atoms with Crippen molar-refractivity contribution in [2.24, 2.45) is 0 Å². The summed E-state index contributed by atoms with van der Waals surface area (Å²) >= 11 is 0. The first-order valence-electron chi connectivity index (χ1n) is 3.01. The molecule has 0 heterocycles. The highest BCUT2D eigenvalue weighted by Gasteiger charge is 2.21. The van der Waals surface area contributed by atoms with E-state index in [1.54, 1.807) is 0 Å².